The number of benzene rings is 3. The lowest BCUT2D eigenvalue weighted by Crippen LogP contribution is -2.32. The molecule has 0 radical (unpaired) electrons. The zero-order chi connectivity index (χ0) is 25.4. The molecule has 3 rings (SSSR count). The summed E-state index contributed by atoms with van der Waals surface area (Å²) in [4.78, 5) is 36.2. The summed E-state index contributed by atoms with van der Waals surface area (Å²) in [6.07, 6.45) is 1.36. The van der Waals surface area contributed by atoms with Crippen molar-refractivity contribution in [2.24, 2.45) is 5.10 Å². The highest BCUT2D eigenvalue weighted by Gasteiger charge is 2.13. The zero-order valence-corrected chi connectivity index (χ0v) is 20.3. The van der Waals surface area contributed by atoms with Crippen molar-refractivity contribution < 1.29 is 19.1 Å². The van der Waals surface area contributed by atoms with Gasteiger partial charge in [0.1, 0.15) is 5.75 Å². The van der Waals surface area contributed by atoms with Gasteiger partial charge in [0, 0.05) is 16.4 Å². The maximum Gasteiger partial charge on any atom is 0.329 e. The van der Waals surface area contributed by atoms with Gasteiger partial charge < -0.3 is 15.4 Å². The van der Waals surface area contributed by atoms with Crippen molar-refractivity contribution in [1.82, 2.24) is 5.43 Å². The van der Waals surface area contributed by atoms with Crippen molar-refractivity contribution >= 4 is 46.9 Å². The molecular weight excluding hydrogens is 468 g/mol. The van der Waals surface area contributed by atoms with E-state index in [1.807, 2.05) is 39.0 Å². The van der Waals surface area contributed by atoms with Crippen LogP contribution < -0.4 is 20.8 Å². The van der Waals surface area contributed by atoms with Gasteiger partial charge in [0.05, 0.1) is 6.21 Å². The van der Waals surface area contributed by atoms with Crippen LogP contribution in [0.3, 0.4) is 0 Å². The predicted molar refractivity (Wildman–Crippen MR) is 137 cm³/mol. The van der Waals surface area contributed by atoms with Gasteiger partial charge in [0.25, 0.3) is 5.91 Å². The van der Waals surface area contributed by atoms with Crippen molar-refractivity contribution in [3.05, 3.63) is 87.9 Å². The van der Waals surface area contributed by atoms with E-state index in [-0.39, 0.29) is 12.5 Å². The van der Waals surface area contributed by atoms with Crippen LogP contribution in [0.4, 0.5) is 11.4 Å². The van der Waals surface area contributed by atoms with E-state index in [9.17, 15) is 14.4 Å². The fraction of sp³-hybridized carbons (Fsp3) is 0.154. The van der Waals surface area contributed by atoms with Crippen LogP contribution in [-0.2, 0) is 14.4 Å². The molecule has 0 heterocycles. The predicted octanol–water partition coefficient (Wildman–Crippen LogP) is 4.37. The molecule has 8 nitrogen and oxygen atoms in total. The second kappa shape index (κ2) is 11.8. The highest BCUT2D eigenvalue weighted by Crippen LogP contribution is 2.20. The minimum atomic E-state index is -0.937. The molecule has 0 unspecified atom stereocenters. The van der Waals surface area contributed by atoms with Crippen LogP contribution in [0, 0.1) is 20.8 Å². The number of hydrogen-bond donors (Lipinski definition) is 3. The third-order valence-corrected chi connectivity index (χ3v) is 5.31. The molecule has 3 aromatic rings. The highest BCUT2D eigenvalue weighted by atomic mass is 35.5. The molecule has 3 aromatic carbocycles. The Balaban J connectivity index is 1.49. The molecule has 180 valence electrons. The van der Waals surface area contributed by atoms with Crippen molar-refractivity contribution in [3.8, 4) is 5.75 Å². The van der Waals surface area contributed by atoms with Crippen LogP contribution in [0.2, 0.25) is 5.02 Å². The van der Waals surface area contributed by atoms with E-state index in [4.69, 9.17) is 16.3 Å². The van der Waals surface area contributed by atoms with Gasteiger partial charge in [-0.25, -0.2) is 5.43 Å². The van der Waals surface area contributed by atoms with Gasteiger partial charge in [-0.3, -0.25) is 14.4 Å². The van der Waals surface area contributed by atoms with E-state index < -0.39 is 11.8 Å². The second-order valence-corrected chi connectivity index (χ2v) is 8.25. The zero-order valence-electron chi connectivity index (χ0n) is 19.5. The summed E-state index contributed by atoms with van der Waals surface area (Å²) < 4.78 is 5.56. The average molecular weight is 493 g/mol. The summed E-state index contributed by atoms with van der Waals surface area (Å²) in [5.74, 6) is -1.66. The third kappa shape index (κ3) is 7.68. The molecule has 35 heavy (non-hydrogen) atoms. The normalized spacial score (nSPS) is 10.6. The Morgan fingerprint density at radius 3 is 2.46 bits per heavy atom. The fourth-order valence-electron chi connectivity index (χ4n) is 3.05. The number of carbonyl (C=O) groups excluding carboxylic acids is 3. The summed E-state index contributed by atoms with van der Waals surface area (Å²) in [7, 11) is 0. The van der Waals surface area contributed by atoms with Gasteiger partial charge in [-0.15, -0.1) is 0 Å². The van der Waals surface area contributed by atoms with Crippen LogP contribution in [0.1, 0.15) is 22.3 Å². The monoisotopic (exact) mass is 492 g/mol. The van der Waals surface area contributed by atoms with E-state index in [2.05, 4.69) is 21.2 Å². The number of ether oxygens (including phenoxy) is 1. The number of carbonyl (C=O) groups is 3. The fourth-order valence-corrected chi connectivity index (χ4v) is 3.23. The van der Waals surface area contributed by atoms with Gasteiger partial charge in [0.15, 0.2) is 6.61 Å². The summed E-state index contributed by atoms with van der Waals surface area (Å²) in [6, 6.07) is 17.5. The topological polar surface area (TPSA) is 109 Å². The molecule has 0 aromatic heterocycles. The van der Waals surface area contributed by atoms with Crippen molar-refractivity contribution in [2.45, 2.75) is 20.8 Å². The Morgan fingerprint density at radius 2 is 1.71 bits per heavy atom. The molecule has 3 N–H and O–H groups in total. The van der Waals surface area contributed by atoms with Gasteiger partial charge in [0.2, 0.25) is 0 Å². The van der Waals surface area contributed by atoms with Crippen LogP contribution in [0.5, 0.6) is 5.75 Å². The van der Waals surface area contributed by atoms with E-state index in [0.29, 0.717) is 22.0 Å². The van der Waals surface area contributed by atoms with Gasteiger partial charge in [-0.05, 0) is 67.8 Å². The van der Waals surface area contributed by atoms with Crippen LogP contribution in [0.15, 0.2) is 65.8 Å². The van der Waals surface area contributed by atoms with Crippen LogP contribution in [0.25, 0.3) is 0 Å². The quantitative estimate of drug-likeness (QED) is 0.258. The number of rotatable bonds is 7. The molecule has 0 atom stereocenters. The molecule has 0 saturated heterocycles. The molecule has 0 saturated carbocycles. The van der Waals surface area contributed by atoms with E-state index in [1.54, 1.807) is 42.5 Å². The Morgan fingerprint density at radius 1 is 0.914 bits per heavy atom. The maximum absolute atomic E-state index is 12.2. The van der Waals surface area contributed by atoms with Gasteiger partial charge >= 0.3 is 11.8 Å². The Bertz CT molecular complexity index is 1290. The van der Waals surface area contributed by atoms with E-state index in [0.717, 1.165) is 22.4 Å². The third-order valence-electron chi connectivity index (χ3n) is 4.90. The number of amides is 3. The van der Waals surface area contributed by atoms with Crippen molar-refractivity contribution in [3.63, 3.8) is 0 Å². The number of nitrogens with zero attached hydrogens (tertiary/aromatic N) is 1. The lowest BCUT2D eigenvalue weighted by atomic mass is 10.1. The maximum atomic E-state index is 12.2. The number of aryl methyl sites for hydroxylation is 3. The number of nitrogens with one attached hydrogen (secondary N) is 3. The Kier molecular flexibility index (Phi) is 8.58. The van der Waals surface area contributed by atoms with Gasteiger partial charge in [-0.1, -0.05) is 47.5 Å². The summed E-state index contributed by atoms with van der Waals surface area (Å²) in [6.45, 7) is 5.57. The number of hydrazone groups is 1. The minimum absolute atomic E-state index is 0.173. The second-order valence-electron chi connectivity index (χ2n) is 7.84. The first-order valence-corrected chi connectivity index (χ1v) is 11.1. The molecule has 0 aliphatic heterocycles. The van der Waals surface area contributed by atoms with Crippen molar-refractivity contribution in [1.29, 1.82) is 0 Å². The number of halogens is 1. The Hall–Kier alpha value is -4.17. The molecule has 0 spiro atoms. The smallest absolute Gasteiger partial charge is 0.329 e. The lowest BCUT2D eigenvalue weighted by Gasteiger charge is -2.10. The summed E-state index contributed by atoms with van der Waals surface area (Å²) >= 11 is 6.02. The minimum Gasteiger partial charge on any atom is -0.484 e. The molecule has 0 aliphatic rings. The van der Waals surface area contributed by atoms with Gasteiger partial charge in [-0.2, -0.15) is 5.10 Å². The number of hydrogen-bond acceptors (Lipinski definition) is 5. The van der Waals surface area contributed by atoms with E-state index >= 15 is 0 Å². The largest absolute Gasteiger partial charge is 0.484 e. The SMILES string of the molecule is Cc1ccc(NC(=O)COc2cccc(/C=N\NC(=O)C(=O)Nc3ccc(C)c(Cl)c3)c2)c(C)c1. The van der Waals surface area contributed by atoms with E-state index in [1.165, 1.54) is 6.21 Å². The first-order valence-electron chi connectivity index (χ1n) is 10.7. The number of anilines is 2. The van der Waals surface area contributed by atoms with Crippen LogP contribution >= 0.6 is 11.6 Å². The first-order chi connectivity index (χ1) is 16.7. The molecule has 9 heteroatoms. The molecule has 3 amide bonds. The summed E-state index contributed by atoms with van der Waals surface area (Å²) in [5.41, 5.74) is 6.83. The van der Waals surface area contributed by atoms with Crippen LogP contribution in [-0.4, -0.2) is 30.5 Å². The first kappa shape index (κ1) is 25.5. The Labute approximate surface area is 208 Å². The summed E-state index contributed by atoms with van der Waals surface area (Å²) in [5, 5.41) is 9.55. The average Bonchev–Trinajstić information content (AvgIpc) is 2.82. The standard InChI is InChI=1S/C26H25ClN4O4/c1-16-7-10-23(18(3)11-16)30-24(32)15-35-21-6-4-5-19(12-21)14-28-31-26(34)25(33)29-20-9-8-17(2)22(27)13-20/h4-14H,15H2,1-3H3,(H,29,33)(H,30,32)(H,31,34)/b28-14-. The molecule has 0 fully saturated rings. The highest BCUT2D eigenvalue weighted by molar-refractivity contribution is 6.39. The molecule has 0 aliphatic carbocycles. The molecular formula is C26H25ClN4O4. The molecule has 0 bridgehead atoms. The van der Waals surface area contributed by atoms with Crippen molar-refractivity contribution in [2.75, 3.05) is 17.2 Å². The lowest BCUT2D eigenvalue weighted by molar-refractivity contribution is -0.136.